The van der Waals surface area contributed by atoms with Gasteiger partial charge in [-0.1, -0.05) is 23.8 Å². The normalized spacial score (nSPS) is 32.3. The highest BCUT2D eigenvalue weighted by atomic mass is 35.5. The van der Waals surface area contributed by atoms with E-state index in [0.29, 0.717) is 24.5 Å². The lowest BCUT2D eigenvalue weighted by molar-refractivity contribution is -0.131. The van der Waals surface area contributed by atoms with Gasteiger partial charge in [0.15, 0.2) is 0 Å². The first-order valence-electron chi connectivity index (χ1n) is 8.38. The van der Waals surface area contributed by atoms with Crippen LogP contribution in [0.5, 0.6) is 0 Å². The maximum atomic E-state index is 13.1. The van der Waals surface area contributed by atoms with Gasteiger partial charge in [0.1, 0.15) is 5.60 Å². The minimum atomic E-state index is -0.736. The predicted octanol–water partition coefficient (Wildman–Crippen LogP) is 1.12. The van der Waals surface area contributed by atoms with Crippen LogP contribution < -0.4 is 10.2 Å². The fourth-order valence-electron chi connectivity index (χ4n) is 4.05. The first-order valence-corrected chi connectivity index (χ1v) is 8.76. The Morgan fingerprint density at radius 1 is 1.40 bits per heavy atom. The summed E-state index contributed by atoms with van der Waals surface area (Å²) in [6, 6.07) is 7.07. The van der Waals surface area contributed by atoms with Gasteiger partial charge >= 0.3 is 0 Å². The molecule has 6 nitrogen and oxygen atoms in total. The molecule has 2 fully saturated rings. The molecule has 2 saturated heterocycles. The van der Waals surface area contributed by atoms with Crippen LogP contribution in [0.4, 0.5) is 5.69 Å². The van der Waals surface area contributed by atoms with E-state index in [4.69, 9.17) is 21.4 Å². The Morgan fingerprint density at radius 2 is 2.16 bits per heavy atom. The van der Waals surface area contributed by atoms with Crippen LogP contribution in [0.3, 0.4) is 0 Å². The molecule has 0 saturated carbocycles. The number of carbonyl (C=O) groups is 2. The van der Waals surface area contributed by atoms with Gasteiger partial charge in [-0.05, 0) is 30.7 Å². The fraction of sp³-hybridized carbons (Fsp3) is 0.444. The molecule has 132 valence electrons. The number of nitrogens with zero attached hydrogens (tertiary/aromatic N) is 1. The zero-order valence-electron chi connectivity index (χ0n) is 13.5. The Hall–Kier alpha value is -1.89. The summed E-state index contributed by atoms with van der Waals surface area (Å²) in [5, 5.41) is 12.3. The molecule has 4 atom stereocenters. The van der Waals surface area contributed by atoms with E-state index in [-0.39, 0.29) is 24.5 Å². The van der Waals surface area contributed by atoms with Crippen molar-refractivity contribution in [3.05, 3.63) is 41.4 Å². The van der Waals surface area contributed by atoms with Crippen molar-refractivity contribution < 1.29 is 19.4 Å². The van der Waals surface area contributed by atoms with Crippen LogP contribution in [-0.2, 0) is 14.3 Å². The van der Waals surface area contributed by atoms with Crippen molar-refractivity contribution in [3.63, 3.8) is 0 Å². The molecule has 4 rings (SSSR count). The molecule has 3 aliphatic rings. The largest absolute Gasteiger partial charge is 0.396 e. The molecule has 0 aromatic heterocycles. The number of amides is 2. The predicted molar refractivity (Wildman–Crippen MR) is 92.2 cm³/mol. The summed E-state index contributed by atoms with van der Waals surface area (Å²) in [5.41, 5.74) is 0.0125. The number of fused-ring (bicyclic) bond motifs is 1. The molecule has 3 heterocycles. The number of hydrogen-bond donors (Lipinski definition) is 2. The average Bonchev–Trinajstić information content (AvgIpc) is 3.24. The number of anilines is 1. The van der Waals surface area contributed by atoms with Crippen LogP contribution in [0.25, 0.3) is 0 Å². The van der Waals surface area contributed by atoms with Gasteiger partial charge in [0.25, 0.3) is 0 Å². The smallest absolute Gasteiger partial charge is 0.234 e. The molecule has 25 heavy (non-hydrogen) atoms. The second-order valence-corrected chi connectivity index (χ2v) is 7.11. The molecule has 1 aromatic carbocycles. The lowest BCUT2D eigenvalue weighted by Crippen LogP contribution is -2.44. The third-order valence-corrected chi connectivity index (χ3v) is 5.43. The van der Waals surface area contributed by atoms with Crippen LogP contribution in [0.1, 0.15) is 6.42 Å². The van der Waals surface area contributed by atoms with Crippen molar-refractivity contribution in [1.29, 1.82) is 0 Å². The molecule has 0 radical (unpaired) electrons. The lowest BCUT2D eigenvalue weighted by atomic mass is 9.77. The van der Waals surface area contributed by atoms with Crippen molar-refractivity contribution in [2.45, 2.75) is 18.1 Å². The molecule has 0 aliphatic carbocycles. The van der Waals surface area contributed by atoms with Crippen molar-refractivity contribution in [1.82, 2.24) is 5.32 Å². The highest BCUT2D eigenvalue weighted by Crippen LogP contribution is 2.52. The monoisotopic (exact) mass is 362 g/mol. The van der Waals surface area contributed by atoms with Gasteiger partial charge in [-0.25, -0.2) is 0 Å². The fourth-order valence-corrected chi connectivity index (χ4v) is 4.17. The summed E-state index contributed by atoms with van der Waals surface area (Å²) in [6.45, 7) is 0.796. The molecule has 2 bridgehead atoms. The van der Waals surface area contributed by atoms with Crippen molar-refractivity contribution >= 4 is 29.1 Å². The summed E-state index contributed by atoms with van der Waals surface area (Å²) < 4.78 is 6.06. The van der Waals surface area contributed by atoms with Gasteiger partial charge in [-0.2, -0.15) is 0 Å². The SMILES string of the molecule is O=C(NCCCO)C1C2C(=O)N(c3ccc(Cl)cc3)C[C@@]23C=C[C@H]1O3. The zero-order valence-corrected chi connectivity index (χ0v) is 14.3. The third kappa shape index (κ3) is 2.56. The Labute approximate surface area is 150 Å². The maximum absolute atomic E-state index is 13.1. The van der Waals surface area contributed by atoms with E-state index in [2.05, 4.69) is 5.32 Å². The van der Waals surface area contributed by atoms with E-state index >= 15 is 0 Å². The molecule has 1 aromatic rings. The first kappa shape index (κ1) is 16.6. The van der Waals surface area contributed by atoms with Gasteiger partial charge in [0.05, 0.1) is 24.5 Å². The molecule has 3 aliphatic heterocycles. The van der Waals surface area contributed by atoms with E-state index in [1.165, 1.54) is 0 Å². The van der Waals surface area contributed by atoms with E-state index in [9.17, 15) is 9.59 Å². The van der Waals surface area contributed by atoms with E-state index in [0.717, 1.165) is 5.69 Å². The summed E-state index contributed by atoms with van der Waals surface area (Å²) in [7, 11) is 0. The number of hydrogen-bond acceptors (Lipinski definition) is 4. The van der Waals surface area contributed by atoms with Crippen LogP contribution in [0.2, 0.25) is 5.02 Å². The molecular weight excluding hydrogens is 344 g/mol. The molecule has 1 spiro atoms. The number of halogens is 1. The Balaban J connectivity index is 1.59. The van der Waals surface area contributed by atoms with E-state index in [1.54, 1.807) is 29.2 Å². The van der Waals surface area contributed by atoms with Crippen molar-refractivity contribution in [2.24, 2.45) is 11.8 Å². The van der Waals surface area contributed by atoms with Gasteiger partial charge in [0, 0.05) is 23.9 Å². The average molecular weight is 363 g/mol. The minimum absolute atomic E-state index is 0.0153. The summed E-state index contributed by atoms with van der Waals surface area (Å²) in [5.74, 6) is -1.35. The molecule has 2 amide bonds. The number of benzene rings is 1. The van der Waals surface area contributed by atoms with Crippen molar-refractivity contribution in [3.8, 4) is 0 Å². The Bertz CT molecular complexity index is 735. The lowest BCUT2D eigenvalue weighted by Gasteiger charge is -2.23. The maximum Gasteiger partial charge on any atom is 0.234 e. The second kappa shape index (κ2) is 6.12. The second-order valence-electron chi connectivity index (χ2n) is 6.67. The Morgan fingerprint density at radius 3 is 2.88 bits per heavy atom. The highest BCUT2D eigenvalue weighted by Gasteiger charge is 2.66. The topological polar surface area (TPSA) is 78.9 Å². The summed E-state index contributed by atoms with van der Waals surface area (Å²) >= 11 is 5.93. The number of aliphatic hydroxyl groups is 1. The first-order chi connectivity index (χ1) is 12.1. The van der Waals surface area contributed by atoms with E-state index in [1.807, 2.05) is 12.2 Å². The van der Waals surface area contributed by atoms with Gasteiger partial charge < -0.3 is 20.1 Å². The van der Waals surface area contributed by atoms with Crippen LogP contribution >= 0.6 is 11.6 Å². The number of rotatable bonds is 5. The molecule has 2 N–H and O–H groups in total. The van der Waals surface area contributed by atoms with Crippen molar-refractivity contribution in [2.75, 3.05) is 24.6 Å². The molecule has 7 heteroatoms. The van der Waals surface area contributed by atoms with Crippen LogP contribution in [-0.4, -0.2) is 48.3 Å². The summed E-state index contributed by atoms with van der Waals surface area (Å²) in [4.78, 5) is 27.3. The molecule has 2 unspecified atom stereocenters. The van der Waals surface area contributed by atoms with Gasteiger partial charge in [-0.15, -0.1) is 0 Å². The number of aliphatic hydroxyl groups excluding tert-OH is 1. The number of ether oxygens (including phenoxy) is 1. The standard InChI is InChI=1S/C18H19ClN2O4/c19-11-2-4-12(5-3-11)21-10-18-7-6-13(25-18)14(15(18)17(21)24)16(23)20-8-1-9-22/h2-7,13-15,22H,1,8-10H2,(H,20,23)/t13-,14?,15?,18+/m1/s1. The zero-order chi connectivity index (χ0) is 17.6. The number of nitrogens with one attached hydrogen (secondary N) is 1. The quantitative estimate of drug-likeness (QED) is 0.608. The van der Waals surface area contributed by atoms with Crippen LogP contribution in [0, 0.1) is 11.8 Å². The summed E-state index contributed by atoms with van der Waals surface area (Å²) in [6.07, 6.45) is 3.93. The Kier molecular flexibility index (Phi) is 4.06. The van der Waals surface area contributed by atoms with E-state index < -0.39 is 17.4 Å². The third-order valence-electron chi connectivity index (χ3n) is 5.18. The number of carbonyl (C=O) groups excluding carboxylic acids is 2. The highest BCUT2D eigenvalue weighted by molar-refractivity contribution is 6.30. The minimum Gasteiger partial charge on any atom is -0.396 e. The molecular formula is C18H19ClN2O4. The van der Waals surface area contributed by atoms with Gasteiger partial charge in [-0.3, -0.25) is 9.59 Å². The van der Waals surface area contributed by atoms with Gasteiger partial charge in [0.2, 0.25) is 11.8 Å². The van der Waals surface area contributed by atoms with Crippen LogP contribution in [0.15, 0.2) is 36.4 Å².